The molecule has 1 saturated carbocycles. The number of anilines is 1. The van der Waals surface area contributed by atoms with Crippen LogP contribution in [0.15, 0.2) is 60.7 Å². The van der Waals surface area contributed by atoms with Gasteiger partial charge in [-0.25, -0.2) is 0 Å². The molecule has 0 aromatic heterocycles. The van der Waals surface area contributed by atoms with E-state index >= 15 is 0 Å². The van der Waals surface area contributed by atoms with Gasteiger partial charge in [-0.3, -0.25) is 9.59 Å². The van der Waals surface area contributed by atoms with Crippen molar-refractivity contribution in [1.29, 1.82) is 0 Å². The van der Waals surface area contributed by atoms with Crippen molar-refractivity contribution in [3.8, 4) is 22.6 Å². The Labute approximate surface area is 195 Å². The zero-order chi connectivity index (χ0) is 23.0. The second kappa shape index (κ2) is 8.28. The molecular weight excluding hydrogens is 416 g/mol. The van der Waals surface area contributed by atoms with Gasteiger partial charge in [0.25, 0.3) is 5.91 Å². The first-order chi connectivity index (χ1) is 16.0. The van der Waals surface area contributed by atoms with Crippen LogP contribution in [0, 0.1) is 0 Å². The average molecular weight is 447 g/mol. The minimum absolute atomic E-state index is 0. The first-order valence-electron chi connectivity index (χ1n) is 11.2. The summed E-state index contributed by atoms with van der Waals surface area (Å²) in [6, 6.07) is 19.3. The number of fused-ring (bicyclic) bond motifs is 1. The van der Waals surface area contributed by atoms with Gasteiger partial charge in [-0.15, -0.1) is 0 Å². The van der Waals surface area contributed by atoms with Crippen molar-refractivity contribution in [2.24, 2.45) is 0 Å². The summed E-state index contributed by atoms with van der Waals surface area (Å²) in [7, 11) is 1.62. The standard InChI is InChI=1S/C27H26N2O4.2H2/c1-3-17-7-9-21(15-22(17)18-5-4-6-19(13-18)25(30)28-2)29-26(31)27(11-12-27)20-8-10-23-24(14-20)33-16-32-23;;/h4-10,13-15H,3,11-12,16H2,1-2H3,(H,28,30)(H,29,31);2*1H. The maximum atomic E-state index is 13.3. The van der Waals surface area contributed by atoms with Crippen molar-refractivity contribution in [1.82, 2.24) is 5.32 Å². The molecule has 0 radical (unpaired) electrons. The van der Waals surface area contributed by atoms with Gasteiger partial charge in [-0.05, 0) is 77.9 Å². The number of aryl methyl sites for hydroxylation is 1. The van der Waals surface area contributed by atoms with Crippen LogP contribution in [-0.4, -0.2) is 25.7 Å². The Kier molecular flexibility index (Phi) is 5.29. The van der Waals surface area contributed by atoms with Gasteiger partial charge in [-0.1, -0.05) is 31.2 Å². The fraction of sp³-hybridized carbons (Fsp3) is 0.259. The number of benzene rings is 3. The fourth-order valence-electron chi connectivity index (χ4n) is 4.42. The Morgan fingerprint density at radius 1 is 1.00 bits per heavy atom. The summed E-state index contributed by atoms with van der Waals surface area (Å²) in [6.45, 7) is 2.31. The van der Waals surface area contributed by atoms with Crippen molar-refractivity contribution >= 4 is 17.5 Å². The highest BCUT2D eigenvalue weighted by molar-refractivity contribution is 6.02. The van der Waals surface area contributed by atoms with Crippen LogP contribution in [0.25, 0.3) is 11.1 Å². The molecule has 3 aromatic carbocycles. The summed E-state index contributed by atoms with van der Waals surface area (Å²) in [6.07, 6.45) is 2.44. The third kappa shape index (κ3) is 3.82. The third-order valence-corrected chi connectivity index (χ3v) is 6.52. The minimum Gasteiger partial charge on any atom is -0.454 e. The molecule has 1 heterocycles. The predicted molar refractivity (Wildman–Crippen MR) is 131 cm³/mol. The van der Waals surface area contributed by atoms with E-state index in [0.717, 1.165) is 47.2 Å². The molecule has 5 rings (SSSR count). The molecule has 0 saturated heterocycles. The first-order valence-corrected chi connectivity index (χ1v) is 11.2. The van der Waals surface area contributed by atoms with Crippen LogP contribution in [0.1, 0.15) is 44.1 Å². The summed E-state index contributed by atoms with van der Waals surface area (Å²) in [5.41, 5.74) is 4.86. The molecule has 0 bridgehead atoms. The van der Waals surface area contributed by atoms with Crippen molar-refractivity contribution in [3.05, 3.63) is 77.4 Å². The van der Waals surface area contributed by atoms with Crippen LogP contribution < -0.4 is 20.1 Å². The van der Waals surface area contributed by atoms with Crippen LogP contribution in [0.2, 0.25) is 0 Å². The van der Waals surface area contributed by atoms with E-state index in [9.17, 15) is 9.59 Å². The zero-order valence-electron chi connectivity index (χ0n) is 18.7. The summed E-state index contributed by atoms with van der Waals surface area (Å²) in [4.78, 5) is 25.4. The molecule has 1 aliphatic carbocycles. The van der Waals surface area contributed by atoms with E-state index in [-0.39, 0.29) is 21.5 Å². The van der Waals surface area contributed by atoms with Crippen molar-refractivity contribution in [2.75, 3.05) is 19.2 Å². The van der Waals surface area contributed by atoms with Crippen LogP contribution in [0.3, 0.4) is 0 Å². The number of nitrogens with one attached hydrogen (secondary N) is 2. The molecule has 0 atom stereocenters. The van der Waals surface area contributed by atoms with E-state index in [4.69, 9.17) is 9.47 Å². The van der Waals surface area contributed by atoms with Crippen molar-refractivity contribution < 1.29 is 21.9 Å². The SMILES string of the molecule is CCc1ccc(NC(=O)C2(c3ccc4c(c3)OCO4)CC2)cc1-c1cccc(C(=O)NC)c1.[HH].[HH]. The van der Waals surface area contributed by atoms with E-state index in [1.54, 1.807) is 13.1 Å². The second-order valence-electron chi connectivity index (χ2n) is 8.49. The maximum Gasteiger partial charge on any atom is 0.251 e. The van der Waals surface area contributed by atoms with Gasteiger partial charge in [-0.2, -0.15) is 0 Å². The number of carbonyl (C=O) groups excluding carboxylic acids is 2. The number of rotatable bonds is 6. The Morgan fingerprint density at radius 2 is 1.82 bits per heavy atom. The predicted octanol–water partition coefficient (Wildman–Crippen LogP) is 5.17. The second-order valence-corrected chi connectivity index (χ2v) is 8.49. The maximum absolute atomic E-state index is 13.3. The van der Waals surface area contributed by atoms with Gasteiger partial charge in [0.2, 0.25) is 12.7 Å². The number of hydrogen-bond donors (Lipinski definition) is 2. The lowest BCUT2D eigenvalue weighted by Crippen LogP contribution is -2.27. The molecule has 2 amide bonds. The van der Waals surface area contributed by atoms with Crippen LogP contribution in [-0.2, 0) is 16.6 Å². The van der Waals surface area contributed by atoms with E-state index in [2.05, 4.69) is 17.6 Å². The van der Waals surface area contributed by atoms with Gasteiger partial charge < -0.3 is 20.1 Å². The van der Waals surface area contributed by atoms with Gasteiger partial charge >= 0.3 is 0 Å². The van der Waals surface area contributed by atoms with Crippen molar-refractivity contribution in [2.45, 2.75) is 31.6 Å². The van der Waals surface area contributed by atoms with Crippen LogP contribution in [0.5, 0.6) is 11.5 Å². The highest BCUT2D eigenvalue weighted by atomic mass is 16.7. The van der Waals surface area contributed by atoms with Crippen LogP contribution >= 0.6 is 0 Å². The summed E-state index contributed by atoms with van der Waals surface area (Å²) < 4.78 is 10.9. The number of hydrogen-bond acceptors (Lipinski definition) is 4. The topological polar surface area (TPSA) is 76.7 Å². The highest BCUT2D eigenvalue weighted by Crippen LogP contribution is 2.51. The molecule has 3 aromatic rings. The molecule has 2 aliphatic rings. The van der Waals surface area contributed by atoms with E-state index in [1.165, 1.54) is 0 Å². The summed E-state index contributed by atoms with van der Waals surface area (Å²) >= 11 is 0. The van der Waals surface area contributed by atoms with E-state index in [0.29, 0.717) is 17.1 Å². The average Bonchev–Trinajstić information content (AvgIpc) is 3.54. The lowest BCUT2D eigenvalue weighted by Gasteiger charge is -2.18. The number of amides is 2. The van der Waals surface area contributed by atoms with E-state index in [1.807, 2.05) is 54.6 Å². The lowest BCUT2D eigenvalue weighted by molar-refractivity contribution is -0.118. The monoisotopic (exact) mass is 446 g/mol. The van der Waals surface area contributed by atoms with Crippen LogP contribution in [0.4, 0.5) is 5.69 Å². The quantitative estimate of drug-likeness (QED) is 0.548. The van der Waals surface area contributed by atoms with Gasteiger partial charge in [0.15, 0.2) is 11.5 Å². The molecule has 6 nitrogen and oxygen atoms in total. The van der Waals surface area contributed by atoms with Gasteiger partial charge in [0.1, 0.15) is 0 Å². The highest BCUT2D eigenvalue weighted by Gasteiger charge is 2.51. The lowest BCUT2D eigenvalue weighted by atomic mass is 9.93. The summed E-state index contributed by atoms with van der Waals surface area (Å²) in [5.74, 6) is 1.26. The molecule has 0 unspecified atom stereocenters. The zero-order valence-corrected chi connectivity index (χ0v) is 18.7. The molecule has 1 aliphatic heterocycles. The Morgan fingerprint density at radius 3 is 2.58 bits per heavy atom. The van der Waals surface area contributed by atoms with Crippen molar-refractivity contribution in [3.63, 3.8) is 0 Å². The smallest absolute Gasteiger partial charge is 0.251 e. The molecule has 2 N–H and O–H groups in total. The molecule has 6 heteroatoms. The minimum atomic E-state index is -0.538. The number of ether oxygens (including phenoxy) is 2. The Hall–Kier alpha value is -3.80. The van der Waals surface area contributed by atoms with Gasteiger partial charge in [0.05, 0.1) is 5.41 Å². The van der Waals surface area contributed by atoms with Gasteiger partial charge in [0, 0.05) is 21.2 Å². The summed E-state index contributed by atoms with van der Waals surface area (Å²) in [5, 5.41) is 5.80. The molecule has 0 spiro atoms. The van der Waals surface area contributed by atoms with E-state index < -0.39 is 5.41 Å². The molecule has 1 fully saturated rings. The molecular formula is C27H30N2O4. The molecule has 33 heavy (non-hydrogen) atoms. The Balaban J connectivity index is 0.00000171. The third-order valence-electron chi connectivity index (χ3n) is 6.52. The Bertz CT molecular complexity index is 1260. The first kappa shape index (κ1) is 21.1. The molecule has 172 valence electrons. The normalized spacial score (nSPS) is 15.1. The fourth-order valence-corrected chi connectivity index (χ4v) is 4.42. The number of carbonyl (C=O) groups is 2. The largest absolute Gasteiger partial charge is 0.454 e.